The lowest BCUT2D eigenvalue weighted by atomic mass is 9.99. The zero-order chi connectivity index (χ0) is 14.9. The highest BCUT2D eigenvalue weighted by atomic mass is 19.4. The molecule has 1 heterocycles. The molecule has 0 atom stereocenters. The van der Waals surface area contributed by atoms with Crippen LogP contribution in [-0.4, -0.2) is 9.91 Å². The summed E-state index contributed by atoms with van der Waals surface area (Å²) in [7, 11) is 0. The van der Waals surface area contributed by atoms with Crippen LogP contribution in [0.3, 0.4) is 0 Å². The van der Waals surface area contributed by atoms with E-state index >= 15 is 0 Å². The highest BCUT2D eigenvalue weighted by Crippen LogP contribution is 2.39. The van der Waals surface area contributed by atoms with Gasteiger partial charge in [-0.3, -0.25) is 10.1 Å². The predicted molar refractivity (Wildman–Crippen MR) is 65.7 cm³/mol. The van der Waals surface area contributed by atoms with E-state index in [0.29, 0.717) is 0 Å². The third-order valence-corrected chi connectivity index (χ3v) is 2.64. The second-order valence-electron chi connectivity index (χ2n) is 3.93. The fourth-order valence-corrected chi connectivity index (χ4v) is 1.75. The van der Waals surface area contributed by atoms with E-state index in [9.17, 15) is 23.3 Å². The van der Waals surface area contributed by atoms with Crippen LogP contribution >= 0.6 is 0 Å². The number of halogens is 3. The van der Waals surface area contributed by atoms with Gasteiger partial charge in [-0.2, -0.15) is 13.2 Å². The average molecular weight is 283 g/mol. The van der Waals surface area contributed by atoms with Gasteiger partial charge in [0.15, 0.2) is 0 Å². The minimum atomic E-state index is -4.59. The van der Waals surface area contributed by atoms with Crippen LogP contribution in [0.15, 0.2) is 36.5 Å². The Morgan fingerprint density at radius 2 is 1.85 bits per heavy atom. The van der Waals surface area contributed by atoms with Gasteiger partial charge in [0.1, 0.15) is 12.0 Å². The number of alkyl halides is 3. The molecule has 5 nitrogen and oxygen atoms in total. The number of hydrogen-bond acceptors (Lipinski definition) is 4. The van der Waals surface area contributed by atoms with E-state index in [2.05, 4.69) is 4.98 Å². The molecule has 0 aliphatic heterocycles. The Hall–Kier alpha value is -2.64. The summed E-state index contributed by atoms with van der Waals surface area (Å²) in [5.41, 5.74) is 3.83. The number of benzene rings is 1. The third kappa shape index (κ3) is 2.53. The highest BCUT2D eigenvalue weighted by Gasteiger charge is 2.34. The Labute approximate surface area is 111 Å². The number of nitrogens with two attached hydrogens (primary N) is 1. The van der Waals surface area contributed by atoms with Crippen molar-refractivity contribution in [3.8, 4) is 11.1 Å². The monoisotopic (exact) mass is 283 g/mol. The minimum Gasteiger partial charge on any atom is -0.383 e. The van der Waals surface area contributed by atoms with Gasteiger partial charge in [0.05, 0.1) is 10.5 Å². The maximum absolute atomic E-state index is 12.9. The molecule has 0 amide bonds. The van der Waals surface area contributed by atoms with Gasteiger partial charge in [-0.05, 0) is 11.6 Å². The Kier molecular flexibility index (Phi) is 3.31. The second kappa shape index (κ2) is 4.80. The number of pyridine rings is 1. The van der Waals surface area contributed by atoms with Gasteiger partial charge in [-0.1, -0.05) is 18.2 Å². The fourth-order valence-electron chi connectivity index (χ4n) is 1.75. The van der Waals surface area contributed by atoms with E-state index in [4.69, 9.17) is 5.73 Å². The van der Waals surface area contributed by atoms with E-state index in [0.717, 1.165) is 18.3 Å². The molecule has 1 aromatic heterocycles. The number of nitro groups is 1. The molecule has 0 aliphatic rings. The molecule has 8 heteroatoms. The van der Waals surface area contributed by atoms with Crippen molar-refractivity contribution in [3.05, 3.63) is 52.2 Å². The summed E-state index contributed by atoms with van der Waals surface area (Å²) in [5.74, 6) is -0.202. The Morgan fingerprint density at radius 1 is 1.20 bits per heavy atom. The van der Waals surface area contributed by atoms with Gasteiger partial charge in [0, 0.05) is 11.6 Å². The lowest BCUT2D eigenvalue weighted by Crippen LogP contribution is -2.08. The smallest absolute Gasteiger partial charge is 0.383 e. The van der Waals surface area contributed by atoms with Crippen LogP contribution in [0.5, 0.6) is 0 Å². The standard InChI is InChI=1S/C12H8F3N3O2/c13-12(14,15)10-4-2-1-3-8(10)9-5-7(18(19)20)6-17-11(9)16/h1-6H,(H2,16,17). The van der Waals surface area contributed by atoms with Crippen LogP contribution in [0.2, 0.25) is 0 Å². The minimum absolute atomic E-state index is 0.118. The molecular formula is C12H8F3N3O2. The van der Waals surface area contributed by atoms with E-state index in [1.807, 2.05) is 0 Å². The van der Waals surface area contributed by atoms with Crippen LogP contribution in [-0.2, 0) is 6.18 Å². The Morgan fingerprint density at radius 3 is 2.45 bits per heavy atom. The fraction of sp³-hybridized carbons (Fsp3) is 0.0833. The lowest BCUT2D eigenvalue weighted by Gasteiger charge is -2.13. The zero-order valence-corrected chi connectivity index (χ0v) is 9.89. The average Bonchev–Trinajstić information content (AvgIpc) is 2.38. The van der Waals surface area contributed by atoms with Crippen molar-refractivity contribution < 1.29 is 18.1 Å². The zero-order valence-electron chi connectivity index (χ0n) is 9.89. The molecule has 2 N–H and O–H groups in total. The van der Waals surface area contributed by atoms with Crippen molar-refractivity contribution >= 4 is 11.5 Å². The summed E-state index contributed by atoms with van der Waals surface area (Å²) in [5, 5.41) is 10.7. The van der Waals surface area contributed by atoms with E-state index < -0.39 is 22.4 Å². The summed E-state index contributed by atoms with van der Waals surface area (Å²) in [6.07, 6.45) is -3.69. The van der Waals surface area contributed by atoms with Gasteiger partial charge in [-0.25, -0.2) is 4.98 Å². The molecule has 0 bridgehead atoms. The van der Waals surface area contributed by atoms with Crippen molar-refractivity contribution in [3.63, 3.8) is 0 Å². The van der Waals surface area contributed by atoms with E-state index in [1.54, 1.807) is 0 Å². The molecule has 0 saturated carbocycles. The normalized spacial score (nSPS) is 11.3. The summed E-state index contributed by atoms with van der Waals surface area (Å²) < 4.78 is 38.8. The van der Waals surface area contributed by atoms with E-state index in [1.165, 1.54) is 18.2 Å². The van der Waals surface area contributed by atoms with Crippen molar-refractivity contribution in [1.29, 1.82) is 0 Å². The van der Waals surface area contributed by atoms with Gasteiger partial charge in [0.25, 0.3) is 5.69 Å². The molecular weight excluding hydrogens is 275 g/mol. The maximum atomic E-state index is 12.9. The van der Waals surface area contributed by atoms with Gasteiger partial charge in [0.2, 0.25) is 0 Å². The largest absolute Gasteiger partial charge is 0.417 e. The predicted octanol–water partition coefficient (Wildman–Crippen LogP) is 3.26. The summed E-state index contributed by atoms with van der Waals surface area (Å²) in [6.45, 7) is 0. The molecule has 1 aromatic carbocycles. The number of rotatable bonds is 2. The third-order valence-electron chi connectivity index (χ3n) is 2.64. The highest BCUT2D eigenvalue weighted by molar-refractivity contribution is 5.78. The molecule has 0 aliphatic carbocycles. The first kappa shape index (κ1) is 13.8. The molecule has 0 saturated heterocycles. The van der Waals surface area contributed by atoms with Crippen molar-refractivity contribution in [2.75, 3.05) is 5.73 Å². The summed E-state index contributed by atoms with van der Waals surface area (Å²) >= 11 is 0. The molecule has 2 rings (SSSR count). The number of nitrogen functional groups attached to an aromatic ring is 1. The van der Waals surface area contributed by atoms with Crippen LogP contribution in [0.25, 0.3) is 11.1 Å². The molecule has 20 heavy (non-hydrogen) atoms. The van der Waals surface area contributed by atoms with Gasteiger partial charge in [-0.15, -0.1) is 0 Å². The van der Waals surface area contributed by atoms with Crippen molar-refractivity contribution in [2.24, 2.45) is 0 Å². The topological polar surface area (TPSA) is 82.0 Å². The van der Waals surface area contributed by atoms with E-state index in [-0.39, 0.29) is 16.9 Å². The van der Waals surface area contributed by atoms with Crippen molar-refractivity contribution in [2.45, 2.75) is 6.18 Å². The number of anilines is 1. The van der Waals surface area contributed by atoms with Crippen LogP contribution in [0, 0.1) is 10.1 Å². The molecule has 104 valence electrons. The number of hydrogen-bond donors (Lipinski definition) is 1. The van der Waals surface area contributed by atoms with Crippen LogP contribution in [0.4, 0.5) is 24.7 Å². The molecule has 0 unspecified atom stereocenters. The molecule has 0 radical (unpaired) electrons. The number of aromatic nitrogens is 1. The molecule has 0 fully saturated rings. The second-order valence-corrected chi connectivity index (χ2v) is 3.93. The molecule has 2 aromatic rings. The van der Waals surface area contributed by atoms with Gasteiger partial charge < -0.3 is 5.73 Å². The first-order valence-corrected chi connectivity index (χ1v) is 5.37. The molecule has 0 spiro atoms. The SMILES string of the molecule is Nc1ncc([N+](=O)[O-])cc1-c1ccccc1C(F)(F)F. The quantitative estimate of drug-likeness (QED) is 0.677. The van der Waals surface area contributed by atoms with Gasteiger partial charge >= 0.3 is 6.18 Å². The summed E-state index contributed by atoms with van der Waals surface area (Å²) in [4.78, 5) is 13.5. The first-order valence-electron chi connectivity index (χ1n) is 5.37. The Balaban J connectivity index is 2.69. The van der Waals surface area contributed by atoms with Crippen LogP contribution < -0.4 is 5.73 Å². The Bertz CT molecular complexity index is 671. The van der Waals surface area contributed by atoms with Crippen LogP contribution in [0.1, 0.15) is 5.56 Å². The summed E-state index contributed by atoms with van der Waals surface area (Å²) in [6, 6.07) is 5.68. The number of nitrogens with zero attached hydrogens (tertiary/aromatic N) is 2. The maximum Gasteiger partial charge on any atom is 0.417 e. The lowest BCUT2D eigenvalue weighted by molar-refractivity contribution is -0.385. The van der Waals surface area contributed by atoms with Crippen molar-refractivity contribution in [1.82, 2.24) is 4.98 Å². The first-order chi connectivity index (χ1) is 9.30.